The SMILES string of the molecule is Nc1ncc(-c2cnn(C[C@H]3COCCO3)c2)cc1-c1ccc(CC(=O)c2cn(Cc3ccc(F)cc3)cc(C(=O)N3CCCC3)c2=O)cc1. The second kappa shape index (κ2) is 14.6. The third-order valence-corrected chi connectivity index (χ3v) is 9.07. The summed E-state index contributed by atoms with van der Waals surface area (Å²) >= 11 is 0. The number of likely N-dealkylation sites (tertiary alicyclic amines) is 1. The number of aromatic nitrogens is 4. The highest BCUT2D eigenvalue weighted by Crippen LogP contribution is 2.30. The van der Waals surface area contributed by atoms with Gasteiger partial charge in [-0.2, -0.15) is 5.10 Å². The summed E-state index contributed by atoms with van der Waals surface area (Å²) < 4.78 is 28.2. The Kier molecular flexibility index (Phi) is 9.63. The van der Waals surface area contributed by atoms with E-state index in [0.29, 0.717) is 50.8 Å². The second-order valence-corrected chi connectivity index (χ2v) is 12.7. The summed E-state index contributed by atoms with van der Waals surface area (Å²) in [6, 6.07) is 15.3. The Hall–Kier alpha value is -5.46. The number of carbonyl (C=O) groups excluding carboxylic acids is 2. The van der Waals surface area contributed by atoms with Gasteiger partial charge in [-0.05, 0) is 47.7 Å². The molecule has 7 rings (SSSR count). The predicted molar refractivity (Wildman–Crippen MR) is 185 cm³/mol. The number of nitrogens with two attached hydrogens (primary N) is 1. The van der Waals surface area contributed by atoms with Crippen molar-refractivity contribution in [3.63, 3.8) is 0 Å². The number of hydrogen-bond donors (Lipinski definition) is 1. The number of hydrogen-bond acceptors (Lipinski definition) is 8. The molecule has 2 saturated heterocycles. The summed E-state index contributed by atoms with van der Waals surface area (Å²) in [7, 11) is 0. The molecule has 12 heteroatoms. The van der Waals surface area contributed by atoms with Gasteiger partial charge in [-0.25, -0.2) is 9.37 Å². The Labute approximate surface area is 288 Å². The smallest absolute Gasteiger partial charge is 0.259 e. The summed E-state index contributed by atoms with van der Waals surface area (Å²) in [6.07, 6.45) is 10.0. The summed E-state index contributed by atoms with van der Waals surface area (Å²) in [6.45, 7) is 3.69. The lowest BCUT2D eigenvalue weighted by molar-refractivity contribution is -0.0946. The van der Waals surface area contributed by atoms with E-state index in [1.807, 2.05) is 41.2 Å². The molecule has 0 unspecified atom stereocenters. The van der Waals surface area contributed by atoms with Crippen molar-refractivity contribution in [3.8, 4) is 22.3 Å². The van der Waals surface area contributed by atoms with E-state index in [2.05, 4.69) is 10.1 Å². The molecule has 256 valence electrons. The molecule has 1 amide bonds. The zero-order valence-electron chi connectivity index (χ0n) is 27.5. The van der Waals surface area contributed by atoms with Gasteiger partial charge >= 0.3 is 0 Å². The van der Waals surface area contributed by atoms with E-state index >= 15 is 0 Å². The molecule has 3 aromatic heterocycles. The number of Topliss-reactive ketones (excluding diaryl/α,β-unsaturated/α-hetero) is 1. The lowest BCUT2D eigenvalue weighted by atomic mass is 9.98. The number of amides is 1. The van der Waals surface area contributed by atoms with Gasteiger partial charge in [-0.15, -0.1) is 0 Å². The number of halogens is 1. The molecule has 2 aliphatic rings. The molecule has 0 saturated carbocycles. The van der Waals surface area contributed by atoms with Crippen molar-refractivity contribution in [1.29, 1.82) is 0 Å². The Bertz CT molecular complexity index is 2060. The standard InChI is InChI=1S/C38H37FN6O5/c39-30-9-5-26(6-10-30)19-43-22-33(36(47)34(23-43)38(48)44-11-1-2-12-44)35(46)15-25-3-7-27(8-4-25)32-16-28(17-41-37(32)40)29-18-42-45(20-29)21-31-24-49-13-14-50-31/h3-10,16-18,20,22-23,31H,1-2,11-15,19,21,24H2,(H2,40,41)/t31-/m0/s1. The Morgan fingerprint density at radius 1 is 0.880 bits per heavy atom. The van der Waals surface area contributed by atoms with Gasteiger partial charge in [-0.3, -0.25) is 19.1 Å². The van der Waals surface area contributed by atoms with Crippen molar-refractivity contribution in [2.75, 3.05) is 38.6 Å². The lowest BCUT2D eigenvalue weighted by Gasteiger charge is -2.22. The zero-order valence-corrected chi connectivity index (χ0v) is 27.5. The van der Waals surface area contributed by atoms with Crippen molar-refractivity contribution in [3.05, 3.63) is 124 Å². The molecule has 2 aliphatic heterocycles. The number of ether oxygens (including phenoxy) is 2. The number of ketones is 1. The molecule has 2 N–H and O–H groups in total. The van der Waals surface area contributed by atoms with Gasteiger partial charge in [0, 0.05) is 67.5 Å². The van der Waals surface area contributed by atoms with E-state index in [1.54, 1.807) is 34.0 Å². The van der Waals surface area contributed by atoms with Gasteiger partial charge in [0.15, 0.2) is 5.78 Å². The zero-order chi connectivity index (χ0) is 34.6. The van der Waals surface area contributed by atoms with Crippen LogP contribution in [0.25, 0.3) is 22.3 Å². The molecule has 5 heterocycles. The molecular weight excluding hydrogens is 639 g/mol. The van der Waals surface area contributed by atoms with Crippen LogP contribution in [0.4, 0.5) is 10.2 Å². The topological polar surface area (TPSA) is 135 Å². The minimum Gasteiger partial charge on any atom is -0.383 e. The number of carbonyl (C=O) groups is 2. The van der Waals surface area contributed by atoms with E-state index in [9.17, 15) is 18.8 Å². The van der Waals surface area contributed by atoms with Crippen LogP contribution in [0.5, 0.6) is 0 Å². The maximum absolute atomic E-state index is 13.7. The number of nitrogen functional groups attached to an aromatic ring is 1. The minimum absolute atomic E-state index is 0.0417. The third-order valence-electron chi connectivity index (χ3n) is 9.07. The normalized spacial score (nSPS) is 16.1. The first-order chi connectivity index (χ1) is 24.3. The van der Waals surface area contributed by atoms with Gasteiger partial charge < -0.3 is 24.7 Å². The average molecular weight is 677 g/mol. The van der Waals surface area contributed by atoms with Gasteiger partial charge in [0.1, 0.15) is 23.3 Å². The number of rotatable bonds is 10. The van der Waals surface area contributed by atoms with Gasteiger partial charge in [0.05, 0.1) is 38.1 Å². The van der Waals surface area contributed by atoms with E-state index in [-0.39, 0.29) is 41.9 Å². The maximum atomic E-state index is 13.7. The minimum atomic E-state index is -0.586. The number of pyridine rings is 2. The fourth-order valence-corrected chi connectivity index (χ4v) is 6.38. The first-order valence-corrected chi connectivity index (χ1v) is 16.7. The van der Waals surface area contributed by atoms with Gasteiger partial charge in [0.2, 0.25) is 5.43 Å². The van der Waals surface area contributed by atoms with Crippen LogP contribution in [0.15, 0.2) is 90.4 Å². The second-order valence-electron chi connectivity index (χ2n) is 12.7. The average Bonchev–Trinajstić information content (AvgIpc) is 3.84. The fraction of sp³-hybridized carbons (Fsp3) is 0.289. The molecular formula is C38H37FN6O5. The largest absolute Gasteiger partial charge is 0.383 e. The van der Waals surface area contributed by atoms with E-state index in [0.717, 1.165) is 40.7 Å². The van der Waals surface area contributed by atoms with Crippen LogP contribution in [0.3, 0.4) is 0 Å². The van der Waals surface area contributed by atoms with Gasteiger partial charge in [-0.1, -0.05) is 36.4 Å². The van der Waals surface area contributed by atoms with E-state index < -0.39 is 11.2 Å². The number of benzene rings is 2. The molecule has 0 spiro atoms. The molecule has 50 heavy (non-hydrogen) atoms. The van der Waals surface area contributed by atoms with Crippen LogP contribution in [0.2, 0.25) is 0 Å². The quantitative estimate of drug-likeness (QED) is 0.212. The van der Waals surface area contributed by atoms with Crippen LogP contribution in [-0.4, -0.2) is 74.9 Å². The highest BCUT2D eigenvalue weighted by Gasteiger charge is 2.25. The number of anilines is 1. The third kappa shape index (κ3) is 7.41. The lowest BCUT2D eigenvalue weighted by Crippen LogP contribution is -2.34. The van der Waals surface area contributed by atoms with Gasteiger partial charge in [0.25, 0.3) is 5.91 Å². The highest BCUT2D eigenvalue weighted by atomic mass is 19.1. The molecule has 11 nitrogen and oxygen atoms in total. The summed E-state index contributed by atoms with van der Waals surface area (Å²) in [5.41, 5.74) is 10.3. The molecule has 1 atom stereocenters. The Morgan fingerprint density at radius 3 is 2.36 bits per heavy atom. The maximum Gasteiger partial charge on any atom is 0.259 e. The molecule has 2 fully saturated rings. The highest BCUT2D eigenvalue weighted by molar-refractivity contribution is 6.01. The van der Waals surface area contributed by atoms with Crippen LogP contribution >= 0.6 is 0 Å². The molecule has 2 aromatic carbocycles. The number of nitrogens with zero attached hydrogens (tertiary/aromatic N) is 5. The van der Waals surface area contributed by atoms with Crippen LogP contribution < -0.4 is 11.2 Å². The molecule has 0 bridgehead atoms. The summed E-state index contributed by atoms with van der Waals surface area (Å²) in [4.78, 5) is 46.7. The first-order valence-electron chi connectivity index (χ1n) is 16.7. The van der Waals surface area contributed by atoms with Crippen molar-refractivity contribution in [2.45, 2.75) is 38.5 Å². The van der Waals surface area contributed by atoms with E-state index in [1.165, 1.54) is 24.5 Å². The molecule has 0 aliphatic carbocycles. The monoisotopic (exact) mass is 676 g/mol. The molecule has 5 aromatic rings. The first kappa shape index (κ1) is 33.1. The summed E-state index contributed by atoms with van der Waals surface area (Å²) in [5, 5.41) is 4.48. The summed E-state index contributed by atoms with van der Waals surface area (Å²) in [5.74, 6) is -0.791. The van der Waals surface area contributed by atoms with Crippen LogP contribution in [0, 0.1) is 5.82 Å². The Morgan fingerprint density at radius 2 is 1.62 bits per heavy atom. The van der Waals surface area contributed by atoms with Crippen molar-refractivity contribution < 1.29 is 23.5 Å². The van der Waals surface area contributed by atoms with E-state index in [4.69, 9.17) is 15.2 Å². The van der Waals surface area contributed by atoms with Crippen molar-refractivity contribution in [2.24, 2.45) is 0 Å². The van der Waals surface area contributed by atoms with Crippen LogP contribution in [-0.2, 0) is 29.0 Å². The Balaban J connectivity index is 1.10. The van der Waals surface area contributed by atoms with Crippen molar-refractivity contribution in [1.82, 2.24) is 24.2 Å². The molecule has 0 radical (unpaired) electrons. The predicted octanol–water partition coefficient (Wildman–Crippen LogP) is 4.62. The fourth-order valence-electron chi connectivity index (χ4n) is 6.38. The van der Waals surface area contributed by atoms with Crippen LogP contribution in [0.1, 0.15) is 44.7 Å². The van der Waals surface area contributed by atoms with Crippen molar-refractivity contribution >= 4 is 17.5 Å².